The minimum absolute atomic E-state index is 0.0306. The smallest absolute Gasteiger partial charge is 0.464 e. The Morgan fingerprint density at radius 3 is 2.47 bits per heavy atom. The van der Waals surface area contributed by atoms with Crippen LogP contribution >= 0.6 is 27.5 Å². The number of carbonyl (C=O) groups is 1. The van der Waals surface area contributed by atoms with Gasteiger partial charge in [-0.25, -0.2) is 4.79 Å². The summed E-state index contributed by atoms with van der Waals surface area (Å²) in [6.45, 7) is 0.161. The Morgan fingerprint density at radius 1 is 1.17 bits per heavy atom. The number of halogens is 5. The second-order valence-corrected chi connectivity index (χ2v) is 7.05. The zero-order chi connectivity index (χ0) is 21.9. The van der Waals surface area contributed by atoms with E-state index in [9.17, 15) is 18.0 Å². The molecule has 11 heteroatoms. The molecule has 1 aromatic heterocycles. The Morgan fingerprint density at radius 2 is 1.83 bits per heavy atom. The Labute approximate surface area is 182 Å². The highest BCUT2D eigenvalue weighted by Crippen LogP contribution is 2.31. The number of alkyl halides is 3. The SMILES string of the molecule is COC(=O)c1c(Br)nc(Oc2cccc(OC(F)(F)F)c2)n1Cc1ccc(Cl)cc1. The number of rotatable bonds is 6. The van der Waals surface area contributed by atoms with E-state index < -0.39 is 18.1 Å². The van der Waals surface area contributed by atoms with E-state index in [0.29, 0.717) is 5.02 Å². The van der Waals surface area contributed by atoms with Crippen molar-refractivity contribution >= 4 is 33.5 Å². The van der Waals surface area contributed by atoms with Crippen LogP contribution in [0.2, 0.25) is 5.02 Å². The van der Waals surface area contributed by atoms with Crippen molar-refractivity contribution < 1.29 is 32.2 Å². The van der Waals surface area contributed by atoms with E-state index in [1.807, 2.05) is 0 Å². The van der Waals surface area contributed by atoms with Crippen LogP contribution in [0.15, 0.2) is 53.1 Å². The normalized spacial score (nSPS) is 11.3. The van der Waals surface area contributed by atoms with Crippen LogP contribution in [0, 0.1) is 0 Å². The third-order valence-corrected chi connectivity index (χ3v) is 4.58. The third kappa shape index (κ3) is 5.45. The van der Waals surface area contributed by atoms with E-state index in [1.54, 1.807) is 24.3 Å². The van der Waals surface area contributed by atoms with Gasteiger partial charge in [-0.2, -0.15) is 4.98 Å². The lowest BCUT2D eigenvalue weighted by atomic mass is 10.2. The maximum atomic E-state index is 12.5. The molecule has 0 aliphatic rings. The van der Waals surface area contributed by atoms with Crippen LogP contribution in [-0.2, 0) is 11.3 Å². The minimum Gasteiger partial charge on any atom is -0.464 e. The molecule has 3 aromatic rings. The van der Waals surface area contributed by atoms with Gasteiger partial charge in [-0.3, -0.25) is 4.57 Å². The molecule has 0 aliphatic carbocycles. The zero-order valence-electron chi connectivity index (χ0n) is 15.2. The van der Waals surface area contributed by atoms with Crippen LogP contribution < -0.4 is 9.47 Å². The summed E-state index contributed by atoms with van der Waals surface area (Å²) in [5, 5.41) is 0.539. The largest absolute Gasteiger partial charge is 0.573 e. The quantitative estimate of drug-likeness (QED) is 0.395. The molecule has 0 N–H and O–H groups in total. The van der Waals surface area contributed by atoms with Crippen molar-refractivity contribution in [2.75, 3.05) is 7.11 Å². The van der Waals surface area contributed by atoms with Crippen LogP contribution in [-0.4, -0.2) is 29.0 Å². The van der Waals surface area contributed by atoms with E-state index in [1.165, 1.54) is 23.8 Å². The van der Waals surface area contributed by atoms with Gasteiger partial charge in [0.1, 0.15) is 16.1 Å². The maximum Gasteiger partial charge on any atom is 0.573 e. The number of methoxy groups -OCH3 is 1. The Bertz CT molecular complexity index is 1050. The number of nitrogens with zero attached hydrogens (tertiary/aromatic N) is 2. The first kappa shape index (κ1) is 22.0. The second kappa shape index (κ2) is 8.97. The fourth-order valence-corrected chi connectivity index (χ4v) is 3.19. The molecule has 0 saturated heterocycles. The highest BCUT2D eigenvalue weighted by Gasteiger charge is 2.31. The van der Waals surface area contributed by atoms with Crippen LogP contribution in [0.4, 0.5) is 13.2 Å². The number of benzene rings is 2. The summed E-state index contributed by atoms with van der Waals surface area (Å²) in [6, 6.07) is 11.8. The van der Waals surface area contributed by atoms with Gasteiger partial charge in [-0.1, -0.05) is 29.8 Å². The van der Waals surface area contributed by atoms with Crippen LogP contribution in [0.3, 0.4) is 0 Å². The number of aromatic nitrogens is 2. The molecule has 0 radical (unpaired) electrons. The summed E-state index contributed by atoms with van der Waals surface area (Å²) in [5.74, 6) is -1.10. The molecule has 0 bridgehead atoms. The van der Waals surface area contributed by atoms with Gasteiger partial charge in [0.25, 0.3) is 0 Å². The van der Waals surface area contributed by atoms with Gasteiger partial charge in [-0.15, -0.1) is 13.2 Å². The van der Waals surface area contributed by atoms with Crippen molar-refractivity contribution in [1.29, 1.82) is 0 Å². The average molecular weight is 506 g/mol. The Balaban J connectivity index is 1.97. The van der Waals surface area contributed by atoms with Crippen molar-refractivity contribution in [2.45, 2.75) is 12.9 Å². The highest BCUT2D eigenvalue weighted by atomic mass is 79.9. The number of imidazole rings is 1. The lowest BCUT2D eigenvalue weighted by Crippen LogP contribution is -2.17. The van der Waals surface area contributed by atoms with E-state index in [4.69, 9.17) is 21.1 Å². The van der Waals surface area contributed by atoms with Crippen molar-refractivity contribution in [3.05, 3.63) is 69.4 Å². The van der Waals surface area contributed by atoms with Gasteiger partial charge in [0, 0.05) is 11.1 Å². The topological polar surface area (TPSA) is 62.6 Å². The molecule has 0 aliphatic heterocycles. The first-order valence-corrected chi connectivity index (χ1v) is 9.46. The lowest BCUT2D eigenvalue weighted by Gasteiger charge is -2.13. The minimum atomic E-state index is -4.84. The molecule has 0 spiro atoms. The number of hydrogen-bond donors (Lipinski definition) is 0. The van der Waals surface area contributed by atoms with Crippen molar-refractivity contribution in [3.63, 3.8) is 0 Å². The molecule has 1 heterocycles. The van der Waals surface area contributed by atoms with Gasteiger partial charge in [0.15, 0.2) is 5.69 Å². The second-order valence-electron chi connectivity index (χ2n) is 5.86. The maximum absolute atomic E-state index is 12.5. The summed E-state index contributed by atoms with van der Waals surface area (Å²) in [7, 11) is 1.22. The van der Waals surface area contributed by atoms with Crippen LogP contribution in [0.25, 0.3) is 0 Å². The van der Waals surface area contributed by atoms with E-state index >= 15 is 0 Å². The zero-order valence-corrected chi connectivity index (χ0v) is 17.6. The average Bonchev–Trinajstić information content (AvgIpc) is 2.96. The highest BCUT2D eigenvalue weighted by molar-refractivity contribution is 9.10. The third-order valence-electron chi connectivity index (χ3n) is 3.77. The van der Waals surface area contributed by atoms with Gasteiger partial charge in [0.2, 0.25) is 0 Å². The molecule has 0 saturated carbocycles. The fraction of sp³-hybridized carbons (Fsp3) is 0.158. The summed E-state index contributed by atoms with van der Waals surface area (Å²) in [4.78, 5) is 16.4. The van der Waals surface area contributed by atoms with Crippen molar-refractivity contribution in [2.24, 2.45) is 0 Å². The standard InChI is InChI=1S/C19H13BrClF3N2O4/c1-28-17(27)15-16(20)25-18(26(15)10-11-5-7-12(21)8-6-11)29-13-3-2-4-14(9-13)30-19(22,23)24/h2-9H,10H2,1H3. The summed E-state index contributed by atoms with van der Waals surface area (Å²) in [6.07, 6.45) is -4.84. The van der Waals surface area contributed by atoms with Gasteiger partial charge in [0.05, 0.1) is 13.7 Å². The number of ether oxygens (including phenoxy) is 3. The van der Waals surface area contributed by atoms with E-state index in [0.717, 1.165) is 17.7 Å². The van der Waals surface area contributed by atoms with Gasteiger partial charge >= 0.3 is 18.3 Å². The summed E-state index contributed by atoms with van der Waals surface area (Å²) in [5.41, 5.74) is 0.846. The number of carbonyl (C=O) groups excluding carboxylic acids is 1. The first-order valence-electron chi connectivity index (χ1n) is 8.28. The number of hydrogen-bond acceptors (Lipinski definition) is 5. The Kier molecular flexibility index (Phi) is 6.57. The van der Waals surface area contributed by atoms with Crippen LogP contribution in [0.1, 0.15) is 16.1 Å². The molecular formula is C19H13BrClF3N2O4. The Hall–Kier alpha value is -2.72. The number of esters is 1. The monoisotopic (exact) mass is 504 g/mol. The molecular weight excluding hydrogens is 493 g/mol. The van der Waals surface area contributed by atoms with Gasteiger partial charge < -0.3 is 14.2 Å². The van der Waals surface area contributed by atoms with E-state index in [2.05, 4.69) is 25.7 Å². The molecule has 2 aromatic carbocycles. The molecule has 0 unspecified atom stereocenters. The fourth-order valence-electron chi connectivity index (χ4n) is 2.53. The lowest BCUT2D eigenvalue weighted by molar-refractivity contribution is -0.274. The van der Waals surface area contributed by atoms with Gasteiger partial charge in [-0.05, 0) is 45.8 Å². The van der Waals surface area contributed by atoms with Crippen LogP contribution in [0.5, 0.6) is 17.5 Å². The molecule has 6 nitrogen and oxygen atoms in total. The molecule has 158 valence electrons. The first-order chi connectivity index (χ1) is 14.2. The molecule has 3 rings (SSSR count). The molecule has 0 amide bonds. The van der Waals surface area contributed by atoms with Crippen molar-refractivity contribution in [3.8, 4) is 17.5 Å². The molecule has 0 fully saturated rings. The predicted octanol–water partition coefficient (Wildman–Crippen LogP) is 5.82. The molecule has 30 heavy (non-hydrogen) atoms. The summed E-state index contributed by atoms with van der Waals surface area (Å²) < 4.78 is 53.4. The van der Waals surface area contributed by atoms with E-state index in [-0.39, 0.29) is 28.6 Å². The predicted molar refractivity (Wildman–Crippen MR) is 105 cm³/mol. The van der Waals surface area contributed by atoms with Crippen molar-refractivity contribution in [1.82, 2.24) is 9.55 Å². The molecule has 0 atom stereocenters. The summed E-state index contributed by atoms with van der Waals surface area (Å²) >= 11 is 9.10.